The summed E-state index contributed by atoms with van der Waals surface area (Å²) in [4.78, 5) is 2.20. The fourth-order valence-corrected chi connectivity index (χ4v) is 2.83. The number of halogens is 1. The Morgan fingerprint density at radius 3 is 2.81 bits per heavy atom. The molecule has 0 aliphatic carbocycles. The Balaban J connectivity index is 1.86. The summed E-state index contributed by atoms with van der Waals surface area (Å²) in [6.45, 7) is 3.68. The highest BCUT2D eigenvalue weighted by molar-refractivity contribution is 5.95. The monoisotopic (exact) mass is 283 g/mol. The molecule has 1 aliphatic heterocycles. The van der Waals surface area contributed by atoms with Crippen molar-refractivity contribution in [3.8, 4) is 0 Å². The molecule has 0 radical (unpaired) electrons. The van der Waals surface area contributed by atoms with E-state index in [-0.39, 0.29) is 11.7 Å². The summed E-state index contributed by atoms with van der Waals surface area (Å²) in [6, 6.07) is 10.8. The number of hydrogen-bond donors (Lipinski definition) is 2. The quantitative estimate of drug-likeness (QED) is 0.672. The summed E-state index contributed by atoms with van der Waals surface area (Å²) >= 11 is 0. The molecule has 3 N–H and O–H groups in total. The second-order valence-electron chi connectivity index (χ2n) is 5.50. The van der Waals surface area contributed by atoms with E-state index in [1.165, 1.54) is 17.2 Å². The van der Waals surface area contributed by atoms with Crippen molar-refractivity contribution in [1.82, 2.24) is 0 Å². The standard InChI is InChI=1S/C17H18FN3/c1-11-8-13(17(19)20)2-3-14(11)10-21-7-6-12-4-5-15(18)9-16(12)21/h2-5,8-9H,6-7,10H2,1H3,(H3,19,20). The molecule has 3 nitrogen and oxygen atoms in total. The number of nitrogens with two attached hydrogens (primary N) is 1. The first-order valence-electron chi connectivity index (χ1n) is 7.02. The second-order valence-corrected chi connectivity index (χ2v) is 5.50. The maximum Gasteiger partial charge on any atom is 0.125 e. The number of hydrogen-bond acceptors (Lipinski definition) is 2. The van der Waals surface area contributed by atoms with Crippen LogP contribution in [0.5, 0.6) is 0 Å². The third kappa shape index (κ3) is 2.61. The lowest BCUT2D eigenvalue weighted by Crippen LogP contribution is -2.20. The van der Waals surface area contributed by atoms with Crippen molar-refractivity contribution in [3.63, 3.8) is 0 Å². The van der Waals surface area contributed by atoms with Gasteiger partial charge >= 0.3 is 0 Å². The molecule has 1 heterocycles. The first kappa shape index (κ1) is 13.6. The molecule has 0 amide bonds. The van der Waals surface area contributed by atoms with E-state index in [1.54, 1.807) is 6.07 Å². The van der Waals surface area contributed by atoms with Gasteiger partial charge in [-0.25, -0.2) is 4.39 Å². The van der Waals surface area contributed by atoms with Gasteiger partial charge in [0.25, 0.3) is 0 Å². The van der Waals surface area contributed by atoms with Crippen LogP contribution in [0.4, 0.5) is 10.1 Å². The maximum atomic E-state index is 13.4. The summed E-state index contributed by atoms with van der Waals surface area (Å²) in [5.41, 5.74) is 10.7. The number of rotatable bonds is 3. The Hall–Kier alpha value is -2.36. The van der Waals surface area contributed by atoms with Gasteiger partial charge in [0.2, 0.25) is 0 Å². The lowest BCUT2D eigenvalue weighted by Gasteiger charge is -2.21. The molecule has 21 heavy (non-hydrogen) atoms. The third-order valence-corrected chi connectivity index (χ3v) is 4.05. The zero-order chi connectivity index (χ0) is 15.0. The second kappa shape index (κ2) is 5.20. The first-order valence-corrected chi connectivity index (χ1v) is 7.02. The van der Waals surface area contributed by atoms with E-state index in [2.05, 4.69) is 4.90 Å². The first-order chi connectivity index (χ1) is 10.0. The average Bonchev–Trinajstić information content (AvgIpc) is 2.83. The van der Waals surface area contributed by atoms with Gasteiger partial charge in [0, 0.05) is 24.3 Å². The van der Waals surface area contributed by atoms with Gasteiger partial charge in [-0.15, -0.1) is 0 Å². The number of fused-ring (bicyclic) bond motifs is 1. The smallest absolute Gasteiger partial charge is 0.125 e. The lowest BCUT2D eigenvalue weighted by molar-refractivity contribution is 0.627. The molecule has 3 rings (SSSR count). The minimum atomic E-state index is -0.190. The van der Waals surface area contributed by atoms with Crippen LogP contribution < -0.4 is 10.6 Å². The van der Waals surface area contributed by atoms with Crippen LogP contribution in [0.1, 0.15) is 22.3 Å². The summed E-state index contributed by atoms with van der Waals surface area (Å²) in [6.07, 6.45) is 0.959. The Bertz CT molecular complexity index is 709. The van der Waals surface area contributed by atoms with Gasteiger partial charge in [0.05, 0.1) is 0 Å². The molecule has 0 spiro atoms. The molecular formula is C17H18FN3. The summed E-state index contributed by atoms with van der Waals surface area (Å²) < 4.78 is 13.4. The molecule has 1 aliphatic rings. The number of anilines is 1. The number of amidine groups is 1. The van der Waals surface area contributed by atoms with Gasteiger partial charge in [0.1, 0.15) is 11.7 Å². The predicted octanol–water partition coefficient (Wildman–Crippen LogP) is 2.98. The minimum absolute atomic E-state index is 0.0817. The summed E-state index contributed by atoms with van der Waals surface area (Å²) in [7, 11) is 0. The largest absolute Gasteiger partial charge is 0.384 e. The molecule has 0 saturated heterocycles. The van der Waals surface area contributed by atoms with Crippen molar-refractivity contribution in [1.29, 1.82) is 5.41 Å². The number of aryl methyl sites for hydroxylation is 1. The molecule has 0 atom stereocenters. The number of nitrogens with zero attached hydrogens (tertiary/aromatic N) is 1. The fraction of sp³-hybridized carbons (Fsp3) is 0.235. The molecule has 108 valence electrons. The topological polar surface area (TPSA) is 53.1 Å². The van der Waals surface area contributed by atoms with Crippen molar-refractivity contribution in [2.24, 2.45) is 5.73 Å². The minimum Gasteiger partial charge on any atom is -0.384 e. The van der Waals surface area contributed by atoms with Gasteiger partial charge in [-0.05, 0) is 48.2 Å². The molecule has 2 aromatic carbocycles. The number of nitrogens with one attached hydrogen (secondary N) is 1. The van der Waals surface area contributed by atoms with Crippen molar-refractivity contribution in [2.75, 3.05) is 11.4 Å². The molecule has 2 aromatic rings. The lowest BCUT2D eigenvalue weighted by atomic mass is 10.0. The van der Waals surface area contributed by atoms with E-state index in [0.29, 0.717) is 0 Å². The van der Waals surface area contributed by atoms with Crippen LogP contribution in [0.3, 0.4) is 0 Å². The van der Waals surface area contributed by atoms with E-state index in [9.17, 15) is 4.39 Å². The third-order valence-electron chi connectivity index (χ3n) is 4.05. The van der Waals surface area contributed by atoms with E-state index in [4.69, 9.17) is 11.1 Å². The summed E-state index contributed by atoms with van der Waals surface area (Å²) in [5, 5.41) is 7.47. The van der Waals surface area contributed by atoms with Crippen LogP contribution in [0.15, 0.2) is 36.4 Å². The van der Waals surface area contributed by atoms with Crippen LogP contribution in [0.2, 0.25) is 0 Å². The van der Waals surface area contributed by atoms with Crippen LogP contribution in [0.25, 0.3) is 0 Å². The highest BCUT2D eigenvalue weighted by atomic mass is 19.1. The molecule has 0 fully saturated rings. The predicted molar refractivity (Wildman–Crippen MR) is 83.3 cm³/mol. The SMILES string of the molecule is Cc1cc(C(=N)N)ccc1CN1CCc2ccc(F)cc21. The van der Waals surface area contributed by atoms with Crippen molar-refractivity contribution >= 4 is 11.5 Å². The van der Waals surface area contributed by atoms with Gasteiger partial charge < -0.3 is 10.6 Å². The average molecular weight is 283 g/mol. The maximum absolute atomic E-state index is 13.4. The molecule has 4 heteroatoms. The molecule has 0 unspecified atom stereocenters. The zero-order valence-corrected chi connectivity index (χ0v) is 12.0. The van der Waals surface area contributed by atoms with Crippen molar-refractivity contribution in [3.05, 3.63) is 64.5 Å². The van der Waals surface area contributed by atoms with Crippen molar-refractivity contribution < 1.29 is 4.39 Å². The van der Waals surface area contributed by atoms with Gasteiger partial charge in [-0.3, -0.25) is 5.41 Å². The summed E-state index contributed by atoms with van der Waals surface area (Å²) in [5.74, 6) is -0.109. The van der Waals surface area contributed by atoms with Crippen LogP contribution >= 0.6 is 0 Å². The van der Waals surface area contributed by atoms with E-state index < -0.39 is 0 Å². The van der Waals surface area contributed by atoms with E-state index in [0.717, 1.165) is 36.3 Å². The van der Waals surface area contributed by atoms with E-state index >= 15 is 0 Å². The van der Waals surface area contributed by atoms with Gasteiger partial charge in [-0.1, -0.05) is 18.2 Å². The van der Waals surface area contributed by atoms with Crippen LogP contribution in [-0.2, 0) is 13.0 Å². The van der Waals surface area contributed by atoms with Gasteiger partial charge in [-0.2, -0.15) is 0 Å². The highest BCUT2D eigenvalue weighted by Gasteiger charge is 2.20. The van der Waals surface area contributed by atoms with Crippen LogP contribution in [0, 0.1) is 18.2 Å². The Morgan fingerprint density at radius 1 is 1.29 bits per heavy atom. The molecule has 0 saturated carbocycles. The zero-order valence-electron chi connectivity index (χ0n) is 12.0. The molecule has 0 aromatic heterocycles. The number of benzene rings is 2. The molecule has 0 bridgehead atoms. The van der Waals surface area contributed by atoms with Crippen LogP contribution in [-0.4, -0.2) is 12.4 Å². The highest BCUT2D eigenvalue weighted by Crippen LogP contribution is 2.30. The molecular weight excluding hydrogens is 265 g/mol. The number of nitrogen functional groups attached to an aromatic ring is 1. The van der Waals surface area contributed by atoms with E-state index in [1.807, 2.05) is 31.2 Å². The van der Waals surface area contributed by atoms with Crippen molar-refractivity contribution in [2.45, 2.75) is 19.9 Å². The Kier molecular flexibility index (Phi) is 3.37. The fourth-order valence-electron chi connectivity index (χ4n) is 2.83. The van der Waals surface area contributed by atoms with Gasteiger partial charge in [0.15, 0.2) is 0 Å². The Morgan fingerprint density at radius 2 is 2.10 bits per heavy atom. The normalized spacial score (nSPS) is 13.3. The Labute approximate surface area is 123 Å².